The van der Waals surface area contributed by atoms with Gasteiger partial charge in [-0.2, -0.15) is 0 Å². The van der Waals surface area contributed by atoms with Crippen molar-refractivity contribution in [2.75, 3.05) is 6.79 Å². The second-order valence-electron chi connectivity index (χ2n) is 8.86. The summed E-state index contributed by atoms with van der Waals surface area (Å²) in [5.41, 5.74) is 5.79. The monoisotopic (exact) mass is 485 g/mol. The third-order valence-corrected chi connectivity index (χ3v) is 6.52. The Labute approximate surface area is 209 Å². The molecule has 0 saturated carbocycles. The molecule has 0 atom stereocenters. The van der Waals surface area contributed by atoms with Crippen molar-refractivity contribution in [2.24, 2.45) is 0 Å². The summed E-state index contributed by atoms with van der Waals surface area (Å²) in [6.07, 6.45) is 0. The number of pyridine rings is 1. The Morgan fingerprint density at radius 2 is 1.77 bits per heavy atom. The Kier molecular flexibility index (Phi) is 6.42. The Balaban J connectivity index is 1.43. The molecule has 0 radical (unpaired) electrons. The molecule has 1 aliphatic heterocycles. The Morgan fingerprint density at radius 3 is 2.60 bits per heavy atom. The van der Waals surface area contributed by atoms with Crippen molar-refractivity contribution in [1.29, 1.82) is 0 Å². The molecule has 0 unspecified atom stereocenters. The number of hydrogen-bond acceptors (Lipinski definition) is 4. The Morgan fingerprint density at radius 1 is 0.971 bits per heavy atom. The lowest BCUT2D eigenvalue weighted by Gasteiger charge is -2.26. The number of rotatable bonds is 6. The quantitative estimate of drug-likeness (QED) is 0.377. The fourth-order valence-electron chi connectivity index (χ4n) is 4.40. The van der Waals surface area contributed by atoms with Crippen LogP contribution in [0, 0.1) is 13.8 Å². The summed E-state index contributed by atoms with van der Waals surface area (Å²) >= 11 is 5.80. The maximum atomic E-state index is 13.0. The van der Waals surface area contributed by atoms with Crippen LogP contribution in [0.5, 0.6) is 11.5 Å². The number of fused-ring (bicyclic) bond motifs is 2. The molecule has 0 aliphatic carbocycles. The van der Waals surface area contributed by atoms with Gasteiger partial charge in [0.25, 0.3) is 5.56 Å². The lowest BCUT2D eigenvalue weighted by atomic mass is 10.0. The number of ether oxygens (including phenoxy) is 2. The van der Waals surface area contributed by atoms with Crippen LogP contribution in [0.15, 0.2) is 71.5 Å². The number of nitrogens with zero attached hydrogens (tertiary/aromatic N) is 1. The van der Waals surface area contributed by atoms with Crippen LogP contribution in [-0.2, 0) is 19.6 Å². The van der Waals surface area contributed by atoms with Crippen LogP contribution in [-0.4, -0.2) is 21.8 Å². The SMILES string of the molecule is Cc1cc(C)c2[nH]c(=O)c(CN(Cc3ccc4c(c3)OCO4)C(=S)NCc3ccccc3)cc2c1. The summed E-state index contributed by atoms with van der Waals surface area (Å²) < 4.78 is 11.0. The summed E-state index contributed by atoms with van der Waals surface area (Å²) in [5, 5.41) is 4.95. The van der Waals surface area contributed by atoms with Crippen LogP contribution in [0.25, 0.3) is 10.9 Å². The van der Waals surface area contributed by atoms with Crippen molar-refractivity contribution in [3.8, 4) is 11.5 Å². The van der Waals surface area contributed by atoms with Crippen molar-refractivity contribution < 1.29 is 9.47 Å². The standard InChI is InChI=1S/C28H27N3O3S/c1-18-10-19(2)26-22(11-18)13-23(27(32)30-26)16-31(28(35)29-14-20-6-4-3-5-7-20)15-21-8-9-24-25(12-21)34-17-33-24/h3-13H,14-17H2,1-2H3,(H,29,35)(H,30,32). The molecule has 5 rings (SSSR count). The molecule has 0 bridgehead atoms. The smallest absolute Gasteiger partial charge is 0.253 e. The second kappa shape index (κ2) is 9.80. The maximum Gasteiger partial charge on any atom is 0.253 e. The first kappa shape index (κ1) is 22.9. The zero-order chi connectivity index (χ0) is 24.4. The molecule has 0 amide bonds. The molecule has 35 heavy (non-hydrogen) atoms. The van der Waals surface area contributed by atoms with Gasteiger partial charge in [-0.3, -0.25) is 4.79 Å². The largest absolute Gasteiger partial charge is 0.454 e. The highest BCUT2D eigenvalue weighted by atomic mass is 32.1. The van der Waals surface area contributed by atoms with E-state index in [2.05, 4.69) is 41.5 Å². The molecule has 4 aromatic rings. The van der Waals surface area contributed by atoms with E-state index in [1.165, 1.54) is 0 Å². The minimum Gasteiger partial charge on any atom is -0.454 e. The first-order chi connectivity index (χ1) is 17.0. The fraction of sp³-hybridized carbons (Fsp3) is 0.214. The normalized spacial score (nSPS) is 12.1. The molecule has 0 fully saturated rings. The molecule has 6 nitrogen and oxygen atoms in total. The van der Waals surface area contributed by atoms with Gasteiger partial charge in [0.1, 0.15) is 0 Å². The number of benzene rings is 3. The summed E-state index contributed by atoms with van der Waals surface area (Å²) in [4.78, 5) is 18.1. The molecular formula is C28H27N3O3S. The van der Waals surface area contributed by atoms with Crippen LogP contribution in [0.2, 0.25) is 0 Å². The highest BCUT2D eigenvalue weighted by molar-refractivity contribution is 7.80. The number of hydrogen-bond donors (Lipinski definition) is 2. The molecular weight excluding hydrogens is 458 g/mol. The molecule has 0 saturated heterocycles. The summed E-state index contributed by atoms with van der Waals surface area (Å²) in [7, 11) is 0. The van der Waals surface area contributed by atoms with E-state index in [4.69, 9.17) is 21.7 Å². The van der Waals surface area contributed by atoms with Gasteiger partial charge in [0, 0.05) is 18.7 Å². The predicted molar refractivity (Wildman–Crippen MR) is 142 cm³/mol. The van der Waals surface area contributed by atoms with Gasteiger partial charge in [-0.1, -0.05) is 48.0 Å². The number of aromatic nitrogens is 1. The summed E-state index contributed by atoms with van der Waals surface area (Å²) in [6.45, 7) is 5.79. The van der Waals surface area contributed by atoms with Crippen LogP contribution in [0.1, 0.15) is 27.8 Å². The average molecular weight is 486 g/mol. The van der Waals surface area contributed by atoms with Crippen molar-refractivity contribution >= 4 is 28.2 Å². The lowest BCUT2D eigenvalue weighted by molar-refractivity contribution is 0.174. The van der Waals surface area contributed by atoms with Crippen molar-refractivity contribution in [3.05, 3.63) is 105 Å². The van der Waals surface area contributed by atoms with E-state index in [-0.39, 0.29) is 12.4 Å². The second-order valence-corrected chi connectivity index (χ2v) is 9.24. The van der Waals surface area contributed by atoms with E-state index in [1.807, 2.05) is 54.3 Å². The minimum atomic E-state index is -0.106. The van der Waals surface area contributed by atoms with Crippen molar-refractivity contribution in [2.45, 2.75) is 33.5 Å². The molecule has 178 valence electrons. The average Bonchev–Trinajstić information content (AvgIpc) is 3.32. The molecule has 2 N–H and O–H groups in total. The third-order valence-electron chi connectivity index (χ3n) is 6.12. The van der Waals surface area contributed by atoms with Crippen LogP contribution < -0.4 is 20.3 Å². The van der Waals surface area contributed by atoms with Gasteiger partial charge in [-0.25, -0.2) is 0 Å². The number of thiocarbonyl (C=S) groups is 1. The molecule has 1 aliphatic rings. The van der Waals surface area contributed by atoms with Gasteiger partial charge in [0.2, 0.25) is 6.79 Å². The molecule has 3 aromatic carbocycles. The topological polar surface area (TPSA) is 66.6 Å². The van der Waals surface area contributed by atoms with Gasteiger partial charge in [-0.15, -0.1) is 0 Å². The van der Waals surface area contributed by atoms with Gasteiger partial charge in [0.05, 0.1) is 12.1 Å². The third kappa shape index (κ3) is 5.15. The van der Waals surface area contributed by atoms with Gasteiger partial charge in [-0.05, 0) is 72.4 Å². The highest BCUT2D eigenvalue weighted by Gasteiger charge is 2.18. The molecule has 1 aromatic heterocycles. The zero-order valence-electron chi connectivity index (χ0n) is 19.8. The van der Waals surface area contributed by atoms with E-state index in [1.54, 1.807) is 0 Å². The number of nitrogens with one attached hydrogen (secondary N) is 2. The lowest BCUT2D eigenvalue weighted by Crippen LogP contribution is -2.39. The van der Waals surface area contributed by atoms with Crippen LogP contribution in [0.3, 0.4) is 0 Å². The van der Waals surface area contributed by atoms with E-state index in [0.29, 0.717) is 30.3 Å². The predicted octanol–water partition coefficient (Wildman–Crippen LogP) is 4.95. The summed E-state index contributed by atoms with van der Waals surface area (Å²) in [6, 6.07) is 22.1. The Bertz CT molecular complexity index is 1450. The van der Waals surface area contributed by atoms with E-state index >= 15 is 0 Å². The van der Waals surface area contributed by atoms with E-state index in [9.17, 15) is 4.79 Å². The first-order valence-electron chi connectivity index (χ1n) is 11.5. The van der Waals surface area contributed by atoms with Gasteiger partial charge < -0.3 is 24.7 Å². The van der Waals surface area contributed by atoms with Gasteiger partial charge in [0.15, 0.2) is 16.6 Å². The van der Waals surface area contributed by atoms with Crippen molar-refractivity contribution in [3.63, 3.8) is 0 Å². The van der Waals surface area contributed by atoms with Gasteiger partial charge >= 0.3 is 0 Å². The first-order valence-corrected chi connectivity index (χ1v) is 12.0. The molecule has 2 heterocycles. The molecule has 0 spiro atoms. The van der Waals surface area contributed by atoms with E-state index in [0.717, 1.165) is 44.7 Å². The number of aryl methyl sites for hydroxylation is 2. The number of H-pyrrole nitrogens is 1. The van der Waals surface area contributed by atoms with Crippen molar-refractivity contribution in [1.82, 2.24) is 15.2 Å². The summed E-state index contributed by atoms with van der Waals surface area (Å²) in [5.74, 6) is 1.46. The minimum absolute atomic E-state index is 0.106. The maximum absolute atomic E-state index is 13.0. The highest BCUT2D eigenvalue weighted by Crippen LogP contribution is 2.33. The van der Waals surface area contributed by atoms with Crippen LogP contribution in [0.4, 0.5) is 0 Å². The number of aromatic amines is 1. The van der Waals surface area contributed by atoms with E-state index < -0.39 is 0 Å². The molecule has 7 heteroatoms. The fourth-order valence-corrected chi connectivity index (χ4v) is 4.60. The zero-order valence-corrected chi connectivity index (χ0v) is 20.6. The Hall–Kier alpha value is -3.84. The van der Waals surface area contributed by atoms with Crippen LogP contribution >= 0.6 is 12.2 Å².